The van der Waals surface area contributed by atoms with E-state index in [1.165, 1.54) is 30.4 Å². The highest BCUT2D eigenvalue weighted by Gasteiger charge is 2.14. The van der Waals surface area contributed by atoms with Gasteiger partial charge in [-0.25, -0.2) is 0 Å². The first-order valence-electron chi connectivity index (χ1n) is 7.38. The Hall–Kier alpha value is -1.80. The Morgan fingerprint density at radius 3 is 2.50 bits per heavy atom. The van der Waals surface area contributed by atoms with Crippen molar-refractivity contribution < 1.29 is 4.74 Å². The summed E-state index contributed by atoms with van der Waals surface area (Å²) < 4.78 is 6.07. The summed E-state index contributed by atoms with van der Waals surface area (Å²) in [5.41, 5.74) is 9.83. The average molecular weight is 267 g/mol. The van der Waals surface area contributed by atoms with E-state index in [9.17, 15) is 0 Å². The second kappa shape index (κ2) is 5.68. The van der Waals surface area contributed by atoms with Crippen molar-refractivity contribution in [1.82, 2.24) is 0 Å². The first kappa shape index (κ1) is 13.2. The van der Waals surface area contributed by atoms with E-state index in [1.807, 2.05) is 31.2 Å². The molecule has 2 aromatic rings. The third-order valence-electron chi connectivity index (χ3n) is 3.99. The molecule has 0 amide bonds. The molecule has 0 spiro atoms. The van der Waals surface area contributed by atoms with Gasteiger partial charge >= 0.3 is 0 Å². The lowest BCUT2D eigenvalue weighted by atomic mass is 9.91. The Kier molecular flexibility index (Phi) is 3.75. The number of nitrogens with two attached hydrogens (primary N) is 1. The molecule has 1 unspecified atom stereocenters. The van der Waals surface area contributed by atoms with Crippen molar-refractivity contribution in [3.63, 3.8) is 0 Å². The van der Waals surface area contributed by atoms with Crippen LogP contribution in [0, 0.1) is 0 Å². The Labute approximate surface area is 120 Å². The minimum Gasteiger partial charge on any atom is -0.457 e. The standard InChI is InChI=1S/C18H21NO/c1-13(19)14-9-11-16(12-10-14)20-18-8-4-6-15-5-2-3-7-17(15)18/h4,6,8-13H,2-3,5,7,19H2,1H3. The average Bonchev–Trinajstić information content (AvgIpc) is 2.48. The molecular weight excluding hydrogens is 246 g/mol. The van der Waals surface area contributed by atoms with E-state index in [4.69, 9.17) is 10.5 Å². The molecule has 2 N–H and O–H groups in total. The summed E-state index contributed by atoms with van der Waals surface area (Å²) in [6, 6.07) is 14.5. The lowest BCUT2D eigenvalue weighted by Gasteiger charge is -2.19. The monoisotopic (exact) mass is 267 g/mol. The largest absolute Gasteiger partial charge is 0.457 e. The third kappa shape index (κ3) is 2.70. The second-order valence-electron chi connectivity index (χ2n) is 5.56. The maximum atomic E-state index is 6.07. The topological polar surface area (TPSA) is 35.2 Å². The fourth-order valence-corrected chi connectivity index (χ4v) is 2.81. The van der Waals surface area contributed by atoms with Gasteiger partial charge in [-0.05, 0) is 67.5 Å². The van der Waals surface area contributed by atoms with Crippen molar-refractivity contribution in [2.45, 2.75) is 38.6 Å². The molecule has 2 heteroatoms. The first-order chi connectivity index (χ1) is 9.74. The summed E-state index contributed by atoms with van der Waals surface area (Å²) in [6.45, 7) is 1.99. The van der Waals surface area contributed by atoms with Gasteiger partial charge in [-0.2, -0.15) is 0 Å². The van der Waals surface area contributed by atoms with Crippen LogP contribution in [0.2, 0.25) is 0 Å². The van der Waals surface area contributed by atoms with E-state index >= 15 is 0 Å². The van der Waals surface area contributed by atoms with E-state index in [2.05, 4.69) is 18.2 Å². The summed E-state index contributed by atoms with van der Waals surface area (Å²) in [6.07, 6.45) is 4.86. The molecule has 0 radical (unpaired) electrons. The Bertz CT molecular complexity index is 587. The van der Waals surface area contributed by atoms with Crippen LogP contribution in [0.25, 0.3) is 0 Å². The Balaban J connectivity index is 1.84. The van der Waals surface area contributed by atoms with Crippen LogP contribution < -0.4 is 10.5 Å². The van der Waals surface area contributed by atoms with Gasteiger partial charge in [0.1, 0.15) is 11.5 Å². The number of hydrogen-bond donors (Lipinski definition) is 1. The minimum atomic E-state index is 0.0635. The lowest BCUT2D eigenvalue weighted by molar-refractivity contribution is 0.470. The normalized spacial score (nSPS) is 15.5. The predicted molar refractivity (Wildman–Crippen MR) is 82.2 cm³/mol. The van der Waals surface area contributed by atoms with Crippen LogP contribution >= 0.6 is 0 Å². The molecule has 0 bridgehead atoms. The summed E-state index contributed by atoms with van der Waals surface area (Å²) >= 11 is 0. The SMILES string of the molecule is CC(N)c1ccc(Oc2cccc3c2CCCC3)cc1. The van der Waals surface area contributed by atoms with Crippen molar-refractivity contribution in [2.24, 2.45) is 5.73 Å². The van der Waals surface area contributed by atoms with Crippen LogP contribution in [0.5, 0.6) is 11.5 Å². The van der Waals surface area contributed by atoms with Gasteiger partial charge in [0.15, 0.2) is 0 Å². The van der Waals surface area contributed by atoms with E-state index in [1.54, 1.807) is 0 Å². The van der Waals surface area contributed by atoms with Gasteiger partial charge in [0.25, 0.3) is 0 Å². The maximum Gasteiger partial charge on any atom is 0.130 e. The molecule has 3 rings (SSSR count). The molecule has 0 saturated heterocycles. The predicted octanol–water partition coefficient (Wildman–Crippen LogP) is 4.38. The number of ether oxygens (including phenoxy) is 1. The van der Waals surface area contributed by atoms with Crippen LogP contribution in [0.15, 0.2) is 42.5 Å². The summed E-state index contributed by atoms with van der Waals surface area (Å²) in [5, 5.41) is 0. The number of aryl methyl sites for hydroxylation is 1. The Morgan fingerprint density at radius 2 is 1.75 bits per heavy atom. The van der Waals surface area contributed by atoms with Gasteiger partial charge in [0, 0.05) is 6.04 Å². The van der Waals surface area contributed by atoms with E-state index in [-0.39, 0.29) is 6.04 Å². The van der Waals surface area contributed by atoms with Crippen molar-refractivity contribution in [3.8, 4) is 11.5 Å². The molecule has 2 nitrogen and oxygen atoms in total. The van der Waals surface area contributed by atoms with Gasteiger partial charge in [-0.1, -0.05) is 24.3 Å². The molecule has 0 heterocycles. The van der Waals surface area contributed by atoms with Gasteiger partial charge in [-0.3, -0.25) is 0 Å². The minimum absolute atomic E-state index is 0.0635. The maximum absolute atomic E-state index is 6.07. The van der Waals surface area contributed by atoms with Crippen LogP contribution in [0.1, 0.15) is 42.5 Å². The zero-order valence-electron chi connectivity index (χ0n) is 11.9. The molecule has 1 aliphatic rings. The molecule has 0 fully saturated rings. The van der Waals surface area contributed by atoms with Gasteiger partial charge < -0.3 is 10.5 Å². The fraction of sp³-hybridized carbons (Fsp3) is 0.333. The van der Waals surface area contributed by atoms with Crippen molar-refractivity contribution >= 4 is 0 Å². The number of benzene rings is 2. The molecule has 20 heavy (non-hydrogen) atoms. The van der Waals surface area contributed by atoms with Crippen LogP contribution in [0.4, 0.5) is 0 Å². The molecule has 0 aromatic heterocycles. The Morgan fingerprint density at radius 1 is 1.00 bits per heavy atom. The molecule has 104 valence electrons. The number of rotatable bonds is 3. The molecule has 0 saturated carbocycles. The van der Waals surface area contributed by atoms with Gasteiger partial charge in [0.2, 0.25) is 0 Å². The van der Waals surface area contributed by atoms with Gasteiger partial charge in [-0.15, -0.1) is 0 Å². The smallest absolute Gasteiger partial charge is 0.130 e. The second-order valence-corrected chi connectivity index (χ2v) is 5.56. The van der Waals surface area contributed by atoms with Gasteiger partial charge in [0.05, 0.1) is 0 Å². The highest BCUT2D eigenvalue weighted by Crippen LogP contribution is 2.32. The van der Waals surface area contributed by atoms with Crippen LogP contribution in [0.3, 0.4) is 0 Å². The number of hydrogen-bond acceptors (Lipinski definition) is 2. The van der Waals surface area contributed by atoms with Crippen molar-refractivity contribution in [1.29, 1.82) is 0 Å². The highest BCUT2D eigenvalue weighted by molar-refractivity contribution is 5.44. The van der Waals surface area contributed by atoms with E-state index in [0.29, 0.717) is 0 Å². The van der Waals surface area contributed by atoms with Crippen LogP contribution in [-0.4, -0.2) is 0 Å². The zero-order chi connectivity index (χ0) is 13.9. The van der Waals surface area contributed by atoms with Crippen molar-refractivity contribution in [2.75, 3.05) is 0 Å². The molecule has 1 aliphatic carbocycles. The molecule has 1 atom stereocenters. The molecule has 0 aliphatic heterocycles. The molecular formula is C18H21NO. The quantitative estimate of drug-likeness (QED) is 0.895. The number of fused-ring (bicyclic) bond motifs is 1. The summed E-state index contributed by atoms with van der Waals surface area (Å²) in [4.78, 5) is 0. The van der Waals surface area contributed by atoms with E-state index < -0.39 is 0 Å². The highest BCUT2D eigenvalue weighted by atomic mass is 16.5. The van der Waals surface area contributed by atoms with E-state index in [0.717, 1.165) is 23.5 Å². The van der Waals surface area contributed by atoms with Crippen LogP contribution in [-0.2, 0) is 12.8 Å². The van der Waals surface area contributed by atoms with Crippen molar-refractivity contribution in [3.05, 3.63) is 59.2 Å². The first-order valence-corrected chi connectivity index (χ1v) is 7.38. The fourth-order valence-electron chi connectivity index (χ4n) is 2.81. The lowest BCUT2D eigenvalue weighted by Crippen LogP contribution is -2.05. The summed E-state index contributed by atoms with van der Waals surface area (Å²) in [5.74, 6) is 1.89. The zero-order valence-corrected chi connectivity index (χ0v) is 11.9. The summed E-state index contributed by atoms with van der Waals surface area (Å²) in [7, 11) is 0. The molecule has 2 aromatic carbocycles. The third-order valence-corrected chi connectivity index (χ3v) is 3.99.